The Hall–Kier alpha value is -2.68. The van der Waals surface area contributed by atoms with Crippen molar-refractivity contribution in [3.8, 4) is 0 Å². The molecule has 0 N–H and O–H groups in total. The predicted octanol–water partition coefficient (Wildman–Crippen LogP) is 2.84. The van der Waals surface area contributed by atoms with E-state index < -0.39 is 0 Å². The SMILES string of the molecule is CCOC(=O)c1csc(C2CCN(C(=O)N3CCN(c4ccccn4)CC3)CC2)n1. The fourth-order valence-corrected chi connectivity index (χ4v) is 4.92. The third-order valence-corrected chi connectivity index (χ3v) is 6.65. The molecule has 0 saturated carbocycles. The third kappa shape index (κ3) is 4.56. The molecule has 0 radical (unpaired) electrons. The Labute approximate surface area is 180 Å². The number of piperidine rings is 1. The fourth-order valence-electron chi connectivity index (χ4n) is 3.96. The van der Waals surface area contributed by atoms with Crippen LogP contribution in [0.2, 0.25) is 0 Å². The minimum absolute atomic E-state index is 0.125. The lowest BCUT2D eigenvalue weighted by Crippen LogP contribution is -2.54. The summed E-state index contributed by atoms with van der Waals surface area (Å²) in [5.41, 5.74) is 0.390. The van der Waals surface area contributed by atoms with Crippen LogP contribution in [0.1, 0.15) is 41.2 Å². The third-order valence-electron chi connectivity index (χ3n) is 5.64. The van der Waals surface area contributed by atoms with Gasteiger partial charge < -0.3 is 19.4 Å². The van der Waals surface area contributed by atoms with E-state index in [-0.39, 0.29) is 12.0 Å². The van der Waals surface area contributed by atoms with Gasteiger partial charge in [0.1, 0.15) is 5.82 Å². The van der Waals surface area contributed by atoms with Gasteiger partial charge in [0.25, 0.3) is 0 Å². The topological polar surface area (TPSA) is 78.9 Å². The molecule has 2 saturated heterocycles. The van der Waals surface area contributed by atoms with Gasteiger partial charge in [0.15, 0.2) is 5.69 Å². The molecular formula is C21H27N5O3S. The number of likely N-dealkylation sites (tertiary alicyclic amines) is 1. The first kappa shape index (κ1) is 20.6. The quantitative estimate of drug-likeness (QED) is 0.696. The number of esters is 1. The van der Waals surface area contributed by atoms with Gasteiger partial charge in [-0.3, -0.25) is 0 Å². The first-order chi connectivity index (χ1) is 14.7. The number of nitrogens with zero attached hydrogens (tertiary/aromatic N) is 5. The first-order valence-electron chi connectivity index (χ1n) is 10.5. The van der Waals surface area contributed by atoms with Crippen LogP contribution in [-0.4, -0.2) is 77.6 Å². The Morgan fingerprint density at radius 2 is 1.83 bits per heavy atom. The van der Waals surface area contributed by atoms with Crippen LogP contribution in [0, 0.1) is 0 Å². The lowest BCUT2D eigenvalue weighted by atomic mass is 9.98. The Kier molecular flexibility index (Phi) is 6.47. The normalized spacial score (nSPS) is 17.8. The molecular weight excluding hydrogens is 402 g/mol. The molecule has 2 aromatic rings. The number of piperazine rings is 1. The molecule has 0 spiro atoms. The van der Waals surface area contributed by atoms with Gasteiger partial charge in [0.2, 0.25) is 0 Å². The van der Waals surface area contributed by atoms with Crippen LogP contribution in [0.3, 0.4) is 0 Å². The summed E-state index contributed by atoms with van der Waals surface area (Å²) < 4.78 is 5.02. The van der Waals surface area contributed by atoms with E-state index in [1.807, 2.05) is 28.0 Å². The summed E-state index contributed by atoms with van der Waals surface area (Å²) in [4.78, 5) is 39.8. The van der Waals surface area contributed by atoms with Crippen LogP contribution >= 0.6 is 11.3 Å². The largest absolute Gasteiger partial charge is 0.461 e. The summed E-state index contributed by atoms with van der Waals surface area (Å²) in [6.45, 7) is 6.61. The number of amides is 2. The lowest BCUT2D eigenvalue weighted by Gasteiger charge is -2.39. The van der Waals surface area contributed by atoms with Gasteiger partial charge >= 0.3 is 12.0 Å². The van der Waals surface area contributed by atoms with Crippen molar-refractivity contribution < 1.29 is 14.3 Å². The van der Waals surface area contributed by atoms with Gasteiger partial charge in [-0.1, -0.05) is 6.07 Å². The fraction of sp³-hybridized carbons (Fsp3) is 0.524. The molecule has 0 atom stereocenters. The zero-order valence-corrected chi connectivity index (χ0v) is 18.0. The predicted molar refractivity (Wildman–Crippen MR) is 115 cm³/mol. The van der Waals surface area contributed by atoms with Crippen molar-refractivity contribution in [2.24, 2.45) is 0 Å². The maximum atomic E-state index is 12.9. The summed E-state index contributed by atoms with van der Waals surface area (Å²) in [5, 5.41) is 2.74. The van der Waals surface area contributed by atoms with E-state index in [2.05, 4.69) is 14.9 Å². The monoisotopic (exact) mass is 429 g/mol. The molecule has 9 heteroatoms. The second-order valence-corrected chi connectivity index (χ2v) is 8.39. The van der Waals surface area contributed by atoms with Crippen LogP contribution in [0.25, 0.3) is 0 Å². The minimum Gasteiger partial charge on any atom is -0.461 e. The number of anilines is 1. The Bertz CT molecular complexity index is 859. The number of ether oxygens (including phenoxy) is 1. The van der Waals surface area contributed by atoms with Gasteiger partial charge in [-0.2, -0.15) is 0 Å². The van der Waals surface area contributed by atoms with Crippen LogP contribution in [0.5, 0.6) is 0 Å². The van der Waals surface area contributed by atoms with Gasteiger partial charge in [0.05, 0.1) is 11.6 Å². The van der Waals surface area contributed by atoms with Crippen molar-refractivity contribution in [1.82, 2.24) is 19.8 Å². The molecule has 160 valence electrons. The minimum atomic E-state index is -0.363. The van der Waals surface area contributed by atoms with Crippen LogP contribution < -0.4 is 4.90 Å². The summed E-state index contributed by atoms with van der Waals surface area (Å²) in [7, 11) is 0. The van der Waals surface area contributed by atoms with Crippen molar-refractivity contribution in [1.29, 1.82) is 0 Å². The van der Waals surface area contributed by atoms with Gasteiger partial charge in [-0.15, -0.1) is 11.3 Å². The second kappa shape index (κ2) is 9.42. The van der Waals surface area contributed by atoms with E-state index in [9.17, 15) is 9.59 Å². The molecule has 0 unspecified atom stereocenters. The van der Waals surface area contributed by atoms with E-state index in [0.29, 0.717) is 31.3 Å². The molecule has 8 nitrogen and oxygen atoms in total. The van der Waals surface area contributed by atoms with Crippen molar-refractivity contribution in [3.63, 3.8) is 0 Å². The molecule has 30 heavy (non-hydrogen) atoms. The Balaban J connectivity index is 1.26. The average molecular weight is 430 g/mol. The molecule has 0 bridgehead atoms. The smallest absolute Gasteiger partial charge is 0.357 e. The van der Waals surface area contributed by atoms with Gasteiger partial charge in [-0.25, -0.2) is 19.6 Å². The molecule has 4 rings (SSSR count). The van der Waals surface area contributed by atoms with Crippen molar-refractivity contribution in [2.45, 2.75) is 25.7 Å². The summed E-state index contributed by atoms with van der Waals surface area (Å²) in [6, 6.07) is 6.03. The summed E-state index contributed by atoms with van der Waals surface area (Å²) in [6.07, 6.45) is 3.54. The molecule has 4 heterocycles. The number of urea groups is 1. The van der Waals surface area contributed by atoms with Gasteiger partial charge in [0, 0.05) is 56.8 Å². The molecule has 2 aliphatic rings. The summed E-state index contributed by atoms with van der Waals surface area (Å²) >= 11 is 1.51. The maximum Gasteiger partial charge on any atom is 0.357 e. The number of hydrogen-bond acceptors (Lipinski definition) is 7. The molecule has 0 aliphatic carbocycles. The van der Waals surface area contributed by atoms with E-state index in [1.54, 1.807) is 18.5 Å². The van der Waals surface area contributed by atoms with E-state index in [0.717, 1.165) is 49.8 Å². The van der Waals surface area contributed by atoms with Crippen molar-refractivity contribution >= 4 is 29.2 Å². The zero-order valence-electron chi connectivity index (χ0n) is 17.2. The van der Waals surface area contributed by atoms with Gasteiger partial charge in [-0.05, 0) is 31.9 Å². The molecule has 2 aromatic heterocycles. The lowest BCUT2D eigenvalue weighted by molar-refractivity contribution is 0.0520. The average Bonchev–Trinajstić information content (AvgIpc) is 3.30. The highest BCUT2D eigenvalue weighted by Gasteiger charge is 2.30. The highest BCUT2D eigenvalue weighted by molar-refractivity contribution is 7.09. The molecule has 2 amide bonds. The number of pyridine rings is 1. The van der Waals surface area contributed by atoms with E-state index in [4.69, 9.17) is 4.74 Å². The van der Waals surface area contributed by atoms with Crippen molar-refractivity contribution in [2.75, 3.05) is 50.8 Å². The van der Waals surface area contributed by atoms with Crippen LogP contribution in [-0.2, 0) is 4.74 Å². The van der Waals surface area contributed by atoms with Crippen LogP contribution in [0.4, 0.5) is 10.6 Å². The van der Waals surface area contributed by atoms with E-state index >= 15 is 0 Å². The maximum absolute atomic E-state index is 12.9. The first-order valence-corrected chi connectivity index (χ1v) is 11.4. The number of hydrogen-bond donors (Lipinski definition) is 0. The standard InChI is InChI=1S/C21H27N5O3S/c1-2-29-20(27)17-15-30-19(23-17)16-6-9-25(10-7-16)21(28)26-13-11-24(12-14-26)18-5-3-4-8-22-18/h3-5,8,15-16H,2,6-7,9-14H2,1H3. The molecule has 0 aromatic carbocycles. The van der Waals surface area contributed by atoms with E-state index in [1.165, 1.54) is 11.3 Å². The van der Waals surface area contributed by atoms with Crippen LogP contribution in [0.15, 0.2) is 29.8 Å². The molecule has 2 aliphatic heterocycles. The second-order valence-electron chi connectivity index (χ2n) is 7.50. The Morgan fingerprint density at radius 3 is 2.50 bits per heavy atom. The highest BCUT2D eigenvalue weighted by atomic mass is 32.1. The Morgan fingerprint density at radius 1 is 1.10 bits per heavy atom. The number of rotatable bonds is 4. The number of carbonyl (C=O) groups excluding carboxylic acids is 2. The zero-order chi connectivity index (χ0) is 20.9. The highest BCUT2D eigenvalue weighted by Crippen LogP contribution is 2.31. The number of aromatic nitrogens is 2. The number of thiazole rings is 1. The summed E-state index contributed by atoms with van der Waals surface area (Å²) in [5.74, 6) is 0.900. The molecule has 2 fully saturated rings. The van der Waals surface area contributed by atoms with Crippen molar-refractivity contribution in [3.05, 3.63) is 40.5 Å². The number of carbonyl (C=O) groups is 2.